The second-order valence-electron chi connectivity index (χ2n) is 11.3. The predicted octanol–water partition coefficient (Wildman–Crippen LogP) is 3.30. The Kier molecular flexibility index (Phi) is 21.6. The van der Waals surface area contributed by atoms with Crippen molar-refractivity contribution < 1.29 is 28.7 Å². The molecule has 45 heavy (non-hydrogen) atoms. The Labute approximate surface area is 288 Å². The minimum absolute atomic E-state index is 0. The zero-order valence-corrected chi connectivity index (χ0v) is 29.6. The zero-order chi connectivity index (χ0) is 30.3. The number of Topliss-reactive ketones (excluding diaryl/α,β-unsaturated/α-hetero) is 1. The molecule has 0 radical (unpaired) electrons. The molecular formula is C33H51N3O6S3. The lowest BCUT2D eigenvalue weighted by Crippen LogP contribution is -2.49. The molecule has 9 nitrogen and oxygen atoms in total. The van der Waals surface area contributed by atoms with Crippen LogP contribution in [0.5, 0.6) is 0 Å². The summed E-state index contributed by atoms with van der Waals surface area (Å²) in [6, 6.07) is 17.6. The largest absolute Gasteiger partial charge is 0.467 e. The second kappa shape index (κ2) is 22.9. The first-order chi connectivity index (χ1) is 20.2. The molecule has 252 valence electrons. The van der Waals surface area contributed by atoms with Crippen molar-refractivity contribution in [2.75, 3.05) is 40.0 Å². The molecule has 1 aliphatic rings. The molecule has 0 spiro atoms. The number of ketones is 1. The van der Waals surface area contributed by atoms with Crippen LogP contribution in [-0.2, 0) is 41.5 Å². The molecule has 12 heteroatoms. The molecule has 0 aliphatic carbocycles. The van der Waals surface area contributed by atoms with Crippen molar-refractivity contribution in [3.05, 3.63) is 71.8 Å². The van der Waals surface area contributed by atoms with Gasteiger partial charge in [-0.25, -0.2) is 4.79 Å². The van der Waals surface area contributed by atoms with Gasteiger partial charge >= 0.3 is 5.97 Å². The van der Waals surface area contributed by atoms with E-state index in [0.717, 1.165) is 11.1 Å². The Morgan fingerprint density at radius 2 is 1.42 bits per heavy atom. The molecule has 0 bridgehead atoms. The number of nitrogens with one attached hydrogen (secondary N) is 2. The summed E-state index contributed by atoms with van der Waals surface area (Å²) < 4.78 is 10.3. The molecule has 0 unspecified atom stereocenters. The monoisotopic (exact) mass is 681 g/mol. The number of aryl methyl sites for hydroxylation is 1. The van der Waals surface area contributed by atoms with E-state index in [-0.39, 0.29) is 83.4 Å². The van der Waals surface area contributed by atoms with Gasteiger partial charge in [0.1, 0.15) is 6.04 Å². The molecular weight excluding hydrogens is 631 g/mol. The highest BCUT2D eigenvalue weighted by molar-refractivity contribution is 7.59. The summed E-state index contributed by atoms with van der Waals surface area (Å²) in [5, 5.41) is 5.80. The number of morpholine rings is 1. The highest BCUT2D eigenvalue weighted by Crippen LogP contribution is 2.20. The minimum atomic E-state index is -0.878. The minimum Gasteiger partial charge on any atom is -0.467 e. The van der Waals surface area contributed by atoms with E-state index in [2.05, 4.69) is 10.6 Å². The number of carbonyl (C=O) groups excluding carboxylic acids is 4. The van der Waals surface area contributed by atoms with Crippen LogP contribution in [-0.4, -0.2) is 80.5 Å². The average Bonchev–Trinajstić information content (AvgIpc) is 2.99. The van der Waals surface area contributed by atoms with Crippen LogP contribution < -0.4 is 10.6 Å². The Morgan fingerprint density at radius 1 is 0.844 bits per heavy atom. The van der Waals surface area contributed by atoms with Gasteiger partial charge < -0.3 is 20.1 Å². The number of rotatable bonds is 16. The van der Waals surface area contributed by atoms with Crippen LogP contribution in [0.15, 0.2) is 60.7 Å². The summed E-state index contributed by atoms with van der Waals surface area (Å²) in [6.07, 6.45) is 1.73. The maximum atomic E-state index is 13.7. The molecule has 1 fully saturated rings. The second-order valence-corrected chi connectivity index (χ2v) is 11.3. The van der Waals surface area contributed by atoms with Crippen LogP contribution >= 0.6 is 40.5 Å². The van der Waals surface area contributed by atoms with Gasteiger partial charge in [-0.15, -0.1) is 0 Å². The van der Waals surface area contributed by atoms with Crippen LogP contribution in [0.1, 0.15) is 44.2 Å². The third-order valence-corrected chi connectivity index (χ3v) is 7.42. The van der Waals surface area contributed by atoms with Crippen molar-refractivity contribution in [2.24, 2.45) is 11.8 Å². The molecule has 1 heterocycles. The fourth-order valence-electron chi connectivity index (χ4n) is 5.18. The van der Waals surface area contributed by atoms with Crippen molar-refractivity contribution in [2.45, 2.75) is 58.0 Å². The predicted molar refractivity (Wildman–Crippen MR) is 192 cm³/mol. The topological polar surface area (TPSA) is 114 Å². The van der Waals surface area contributed by atoms with Crippen LogP contribution in [0.2, 0.25) is 0 Å². The number of carbonyl (C=O) groups is 4. The van der Waals surface area contributed by atoms with Crippen molar-refractivity contribution in [1.29, 1.82) is 0 Å². The Hall–Kier alpha value is -2.51. The number of nitrogens with zero attached hydrogens (tertiary/aromatic N) is 1. The van der Waals surface area contributed by atoms with Gasteiger partial charge in [-0.2, -0.15) is 40.5 Å². The van der Waals surface area contributed by atoms with Gasteiger partial charge in [0.15, 0.2) is 5.78 Å². The lowest BCUT2D eigenvalue weighted by Gasteiger charge is -2.27. The van der Waals surface area contributed by atoms with Crippen LogP contribution in [0.25, 0.3) is 0 Å². The molecule has 2 N–H and O–H groups in total. The molecule has 1 saturated heterocycles. The quantitative estimate of drug-likeness (QED) is 0.262. The fourth-order valence-corrected chi connectivity index (χ4v) is 5.18. The molecule has 1 aliphatic heterocycles. The first kappa shape index (κ1) is 42.5. The van der Waals surface area contributed by atoms with E-state index in [4.69, 9.17) is 9.47 Å². The lowest BCUT2D eigenvalue weighted by atomic mass is 9.88. The van der Waals surface area contributed by atoms with Crippen molar-refractivity contribution >= 4 is 64.1 Å². The van der Waals surface area contributed by atoms with Gasteiger partial charge in [0, 0.05) is 31.8 Å². The van der Waals surface area contributed by atoms with Gasteiger partial charge in [0.25, 0.3) is 0 Å². The third kappa shape index (κ3) is 15.6. The average molecular weight is 682 g/mol. The standard InChI is InChI=1S/C33H45N3O6.3H2S/c1-24(2)20-27(32(39)35-29(33(40)41-3)21-26-12-8-5-9-13-26)22-30(37)28(15-14-25-10-6-4-7-11-25)34-31(38)23-36-16-18-42-19-17-36;;;/h4-13,24,27-29H,14-23H2,1-3H3,(H,34,38)(H,35,39);3*1H2/t27-,28+,29+;;;/m1.../s1. The summed E-state index contributed by atoms with van der Waals surface area (Å²) in [5.74, 6) is -1.85. The van der Waals surface area contributed by atoms with E-state index >= 15 is 0 Å². The molecule has 2 amide bonds. The van der Waals surface area contributed by atoms with Gasteiger partial charge in [0.05, 0.1) is 32.9 Å². The van der Waals surface area contributed by atoms with E-state index in [1.807, 2.05) is 79.4 Å². The molecule has 3 rings (SSSR count). The van der Waals surface area contributed by atoms with E-state index in [1.165, 1.54) is 7.11 Å². The van der Waals surface area contributed by atoms with Gasteiger partial charge in [-0.1, -0.05) is 74.5 Å². The number of benzene rings is 2. The van der Waals surface area contributed by atoms with Gasteiger partial charge in [0.2, 0.25) is 11.8 Å². The molecule has 2 aromatic carbocycles. The number of hydrogen-bond donors (Lipinski definition) is 2. The number of ether oxygens (including phenoxy) is 2. The Morgan fingerprint density at radius 3 is 1.98 bits per heavy atom. The van der Waals surface area contributed by atoms with Crippen molar-refractivity contribution in [3.8, 4) is 0 Å². The summed E-state index contributed by atoms with van der Waals surface area (Å²) in [5.41, 5.74) is 1.95. The van der Waals surface area contributed by atoms with Crippen molar-refractivity contribution in [3.63, 3.8) is 0 Å². The highest BCUT2D eigenvalue weighted by atomic mass is 32.1. The maximum Gasteiger partial charge on any atom is 0.328 e. The number of esters is 1. The first-order valence-electron chi connectivity index (χ1n) is 14.8. The van der Waals surface area contributed by atoms with E-state index in [1.54, 1.807) is 0 Å². The van der Waals surface area contributed by atoms with E-state index < -0.39 is 24.0 Å². The van der Waals surface area contributed by atoms with Crippen LogP contribution in [0.3, 0.4) is 0 Å². The normalized spacial score (nSPS) is 14.8. The van der Waals surface area contributed by atoms with E-state index in [0.29, 0.717) is 45.6 Å². The number of hydrogen-bond acceptors (Lipinski definition) is 7. The van der Waals surface area contributed by atoms with E-state index in [9.17, 15) is 19.2 Å². The smallest absolute Gasteiger partial charge is 0.328 e. The third-order valence-electron chi connectivity index (χ3n) is 7.42. The summed E-state index contributed by atoms with van der Waals surface area (Å²) in [7, 11) is 1.29. The lowest BCUT2D eigenvalue weighted by molar-refractivity contribution is -0.145. The number of methoxy groups -OCH3 is 1. The summed E-state index contributed by atoms with van der Waals surface area (Å²) in [6.45, 7) is 6.65. The SMILES string of the molecule is COC(=O)[C@H](Cc1ccccc1)NC(=O)[C@@H](CC(=O)[C@H](CCc1ccccc1)NC(=O)CN1CCOCC1)CC(C)C.S.S.S. The Bertz CT molecular complexity index is 1150. The van der Waals surface area contributed by atoms with Gasteiger partial charge in [-0.05, 0) is 36.3 Å². The summed E-state index contributed by atoms with van der Waals surface area (Å²) >= 11 is 0. The number of amides is 2. The molecule has 0 saturated carbocycles. The van der Waals surface area contributed by atoms with Crippen molar-refractivity contribution in [1.82, 2.24) is 15.5 Å². The van der Waals surface area contributed by atoms with Crippen LogP contribution in [0.4, 0.5) is 0 Å². The highest BCUT2D eigenvalue weighted by Gasteiger charge is 2.31. The molecule has 3 atom stereocenters. The fraction of sp³-hybridized carbons (Fsp3) is 0.515. The van der Waals surface area contributed by atoms with Crippen LogP contribution in [0, 0.1) is 11.8 Å². The summed E-state index contributed by atoms with van der Waals surface area (Å²) in [4.78, 5) is 54.8. The first-order valence-corrected chi connectivity index (χ1v) is 14.8. The Balaban J connectivity index is 0.00000645. The van der Waals surface area contributed by atoms with Gasteiger partial charge in [-0.3, -0.25) is 19.3 Å². The molecule has 2 aromatic rings. The molecule has 0 aromatic heterocycles. The zero-order valence-electron chi connectivity index (χ0n) is 26.6. The maximum absolute atomic E-state index is 13.7.